The molecule has 1 aromatic carbocycles. The van der Waals surface area contributed by atoms with Crippen molar-refractivity contribution in [3.8, 4) is 11.1 Å². The summed E-state index contributed by atoms with van der Waals surface area (Å²) in [6, 6.07) is 14.9. The largest absolute Gasteiger partial charge is 0.380 e. The zero-order valence-corrected chi connectivity index (χ0v) is 15.0. The van der Waals surface area contributed by atoms with E-state index in [2.05, 4.69) is 70.5 Å². The molecule has 0 aliphatic rings. The van der Waals surface area contributed by atoms with Crippen molar-refractivity contribution in [2.45, 2.75) is 26.3 Å². The van der Waals surface area contributed by atoms with Crippen LogP contribution < -0.4 is 5.32 Å². The molecule has 3 heterocycles. The topological polar surface area (TPSA) is 53.6 Å². The molecular weight excluding hydrogens is 320 g/mol. The monoisotopic (exact) mass is 342 g/mol. The predicted octanol–water partition coefficient (Wildman–Crippen LogP) is 5.36. The van der Waals surface area contributed by atoms with Gasteiger partial charge in [0.2, 0.25) is 0 Å². The molecule has 0 fully saturated rings. The number of H-pyrrole nitrogens is 1. The normalized spacial score (nSPS) is 11.2. The Kier molecular flexibility index (Phi) is 4.40. The first-order valence-corrected chi connectivity index (χ1v) is 8.91. The lowest BCUT2D eigenvalue weighted by molar-refractivity contribution is 0.863. The molecule has 4 aromatic rings. The van der Waals surface area contributed by atoms with E-state index < -0.39 is 0 Å². The minimum Gasteiger partial charge on any atom is -0.380 e. The van der Waals surface area contributed by atoms with Crippen molar-refractivity contribution < 1.29 is 0 Å². The maximum Gasteiger partial charge on any atom is 0.138 e. The van der Waals surface area contributed by atoms with E-state index in [9.17, 15) is 0 Å². The Labute approximate surface area is 153 Å². The Balaban J connectivity index is 1.59. The highest BCUT2D eigenvalue weighted by Gasteiger charge is 2.08. The van der Waals surface area contributed by atoms with Gasteiger partial charge in [-0.1, -0.05) is 44.2 Å². The maximum atomic E-state index is 4.55. The lowest BCUT2D eigenvalue weighted by Gasteiger charge is -2.10. The average molecular weight is 342 g/mol. The van der Waals surface area contributed by atoms with Crippen LogP contribution in [0.5, 0.6) is 0 Å². The average Bonchev–Trinajstić information content (AvgIpc) is 3.10. The second-order valence-corrected chi connectivity index (χ2v) is 6.82. The quantitative estimate of drug-likeness (QED) is 0.513. The summed E-state index contributed by atoms with van der Waals surface area (Å²) < 4.78 is 0. The standard InChI is InChI=1S/C22H22N4/c1-15(2)17-6-3-5-16(9-17)11-24-19-10-20-21(14-26-22(20)25-13-19)18-7-4-8-23-12-18/h3-10,12-15,24H,11H2,1-2H3,(H,25,26). The second kappa shape index (κ2) is 7.00. The van der Waals surface area contributed by atoms with E-state index in [1.807, 2.05) is 24.7 Å². The number of nitrogens with zero attached hydrogens (tertiary/aromatic N) is 2. The van der Waals surface area contributed by atoms with Crippen molar-refractivity contribution in [1.82, 2.24) is 15.0 Å². The van der Waals surface area contributed by atoms with Gasteiger partial charge in [-0.15, -0.1) is 0 Å². The number of rotatable bonds is 5. The number of nitrogens with one attached hydrogen (secondary N) is 2. The molecule has 0 saturated carbocycles. The molecule has 0 aliphatic heterocycles. The Morgan fingerprint density at radius 1 is 1.08 bits per heavy atom. The molecule has 4 heteroatoms. The molecule has 0 atom stereocenters. The van der Waals surface area contributed by atoms with Crippen LogP contribution >= 0.6 is 0 Å². The van der Waals surface area contributed by atoms with Crippen molar-refractivity contribution >= 4 is 16.7 Å². The molecule has 3 aromatic heterocycles. The molecule has 4 rings (SSSR count). The molecule has 130 valence electrons. The Hall–Kier alpha value is -3.14. The molecule has 0 bridgehead atoms. The molecule has 0 spiro atoms. The van der Waals surface area contributed by atoms with E-state index >= 15 is 0 Å². The summed E-state index contributed by atoms with van der Waals surface area (Å²) in [6.45, 7) is 5.22. The van der Waals surface area contributed by atoms with Crippen molar-refractivity contribution in [2.75, 3.05) is 5.32 Å². The van der Waals surface area contributed by atoms with E-state index in [0.717, 1.165) is 34.4 Å². The fraction of sp³-hybridized carbons (Fsp3) is 0.182. The van der Waals surface area contributed by atoms with Gasteiger partial charge < -0.3 is 10.3 Å². The van der Waals surface area contributed by atoms with Gasteiger partial charge in [-0.3, -0.25) is 4.98 Å². The molecule has 0 saturated heterocycles. The van der Waals surface area contributed by atoms with E-state index in [-0.39, 0.29) is 0 Å². The van der Waals surface area contributed by atoms with E-state index in [1.54, 1.807) is 6.20 Å². The van der Waals surface area contributed by atoms with E-state index in [0.29, 0.717) is 5.92 Å². The zero-order chi connectivity index (χ0) is 17.9. The third kappa shape index (κ3) is 3.31. The third-order valence-electron chi connectivity index (χ3n) is 4.62. The number of fused-ring (bicyclic) bond motifs is 1. The zero-order valence-electron chi connectivity index (χ0n) is 15.0. The smallest absolute Gasteiger partial charge is 0.138 e. The van der Waals surface area contributed by atoms with Gasteiger partial charge in [0, 0.05) is 41.6 Å². The van der Waals surface area contributed by atoms with Crippen LogP contribution in [0.15, 0.2) is 67.3 Å². The maximum absolute atomic E-state index is 4.55. The van der Waals surface area contributed by atoms with E-state index in [4.69, 9.17) is 0 Å². The Morgan fingerprint density at radius 3 is 2.81 bits per heavy atom. The number of aromatic nitrogens is 3. The highest BCUT2D eigenvalue weighted by molar-refractivity contribution is 5.94. The number of pyridine rings is 2. The van der Waals surface area contributed by atoms with Gasteiger partial charge in [-0.25, -0.2) is 4.98 Å². The summed E-state index contributed by atoms with van der Waals surface area (Å²) in [5, 5.41) is 4.59. The number of hydrogen-bond donors (Lipinski definition) is 2. The molecular formula is C22H22N4. The highest BCUT2D eigenvalue weighted by Crippen LogP contribution is 2.29. The number of aromatic amines is 1. The summed E-state index contributed by atoms with van der Waals surface area (Å²) in [5.41, 5.74) is 6.74. The summed E-state index contributed by atoms with van der Waals surface area (Å²) >= 11 is 0. The van der Waals surface area contributed by atoms with Gasteiger partial charge >= 0.3 is 0 Å². The third-order valence-corrected chi connectivity index (χ3v) is 4.62. The highest BCUT2D eigenvalue weighted by atomic mass is 14.9. The molecule has 0 radical (unpaired) electrons. The number of anilines is 1. The van der Waals surface area contributed by atoms with Crippen molar-refractivity contribution in [3.05, 3.63) is 78.4 Å². The van der Waals surface area contributed by atoms with Gasteiger partial charge in [0.1, 0.15) is 5.65 Å². The molecule has 26 heavy (non-hydrogen) atoms. The van der Waals surface area contributed by atoms with Gasteiger partial charge in [0.15, 0.2) is 0 Å². The van der Waals surface area contributed by atoms with Crippen LogP contribution in [0.3, 0.4) is 0 Å². The molecule has 0 aliphatic carbocycles. The van der Waals surface area contributed by atoms with Gasteiger partial charge in [-0.05, 0) is 29.2 Å². The van der Waals surface area contributed by atoms with Crippen LogP contribution in [-0.4, -0.2) is 15.0 Å². The van der Waals surface area contributed by atoms with Crippen LogP contribution in [0.25, 0.3) is 22.2 Å². The second-order valence-electron chi connectivity index (χ2n) is 6.82. The first-order valence-electron chi connectivity index (χ1n) is 8.91. The van der Waals surface area contributed by atoms with Crippen LogP contribution in [-0.2, 0) is 6.54 Å². The number of benzene rings is 1. The van der Waals surface area contributed by atoms with Crippen molar-refractivity contribution in [1.29, 1.82) is 0 Å². The molecule has 2 N–H and O–H groups in total. The van der Waals surface area contributed by atoms with Gasteiger partial charge in [-0.2, -0.15) is 0 Å². The minimum absolute atomic E-state index is 0.537. The Bertz CT molecular complexity index is 1020. The molecule has 4 nitrogen and oxygen atoms in total. The summed E-state index contributed by atoms with van der Waals surface area (Å²) in [7, 11) is 0. The lowest BCUT2D eigenvalue weighted by Crippen LogP contribution is -2.01. The molecule has 0 unspecified atom stereocenters. The van der Waals surface area contributed by atoms with Crippen molar-refractivity contribution in [2.24, 2.45) is 0 Å². The van der Waals surface area contributed by atoms with Crippen LogP contribution in [0.2, 0.25) is 0 Å². The van der Waals surface area contributed by atoms with Crippen LogP contribution in [0, 0.1) is 0 Å². The summed E-state index contributed by atoms with van der Waals surface area (Å²) in [6.07, 6.45) is 7.53. The fourth-order valence-electron chi connectivity index (χ4n) is 3.13. The molecule has 0 amide bonds. The number of hydrogen-bond acceptors (Lipinski definition) is 3. The SMILES string of the molecule is CC(C)c1cccc(CNc2cnc3[nH]cc(-c4cccnc4)c3c2)c1. The van der Waals surface area contributed by atoms with Crippen LogP contribution in [0.1, 0.15) is 30.9 Å². The summed E-state index contributed by atoms with van der Waals surface area (Å²) in [5.74, 6) is 0.537. The fourth-order valence-corrected chi connectivity index (χ4v) is 3.13. The Morgan fingerprint density at radius 2 is 2.00 bits per heavy atom. The van der Waals surface area contributed by atoms with Gasteiger partial charge in [0.05, 0.1) is 11.9 Å². The van der Waals surface area contributed by atoms with E-state index in [1.165, 1.54) is 11.1 Å². The predicted molar refractivity (Wildman–Crippen MR) is 107 cm³/mol. The minimum atomic E-state index is 0.537. The lowest BCUT2D eigenvalue weighted by atomic mass is 10.0. The first kappa shape index (κ1) is 16.3. The van der Waals surface area contributed by atoms with Crippen molar-refractivity contribution in [3.63, 3.8) is 0 Å². The summed E-state index contributed by atoms with van der Waals surface area (Å²) in [4.78, 5) is 12.0. The van der Waals surface area contributed by atoms with Crippen LogP contribution in [0.4, 0.5) is 5.69 Å². The first-order chi connectivity index (χ1) is 12.7. The van der Waals surface area contributed by atoms with Gasteiger partial charge in [0.25, 0.3) is 0 Å².